The highest BCUT2D eigenvalue weighted by molar-refractivity contribution is 14.1. The van der Waals surface area contributed by atoms with Crippen molar-refractivity contribution in [3.63, 3.8) is 0 Å². The Morgan fingerprint density at radius 3 is 2.56 bits per heavy atom. The second kappa shape index (κ2) is 3.51. The fraction of sp³-hybridized carbons (Fsp3) is 1.00. The van der Waals surface area contributed by atoms with Crippen LogP contribution in [0, 0.1) is 0 Å². The van der Waals surface area contributed by atoms with Crippen LogP contribution < -0.4 is 0 Å². The van der Waals surface area contributed by atoms with Gasteiger partial charge >= 0.3 is 0 Å². The minimum absolute atomic E-state index is 0.261. The van der Waals surface area contributed by atoms with Gasteiger partial charge in [0.1, 0.15) is 6.17 Å². The average molecular weight is 307 g/mol. The standard InChI is InChI=1S/C6H9BrFI/c7-4-1-2-6(9)5(8)3-4/h4-6H,1-3H2. The first-order valence-electron chi connectivity index (χ1n) is 3.12. The van der Waals surface area contributed by atoms with E-state index in [9.17, 15) is 4.39 Å². The first kappa shape index (κ1) is 8.24. The van der Waals surface area contributed by atoms with E-state index < -0.39 is 6.17 Å². The van der Waals surface area contributed by atoms with Crippen molar-refractivity contribution in [1.29, 1.82) is 0 Å². The maximum atomic E-state index is 12.8. The van der Waals surface area contributed by atoms with Gasteiger partial charge in [-0.15, -0.1) is 0 Å². The number of halogens is 3. The van der Waals surface area contributed by atoms with Crippen molar-refractivity contribution in [1.82, 2.24) is 0 Å². The molecule has 1 aliphatic carbocycles. The summed E-state index contributed by atoms with van der Waals surface area (Å²) in [5.41, 5.74) is 0. The summed E-state index contributed by atoms with van der Waals surface area (Å²) in [6.07, 6.45) is 2.28. The molecule has 0 bridgehead atoms. The number of hydrogen-bond donors (Lipinski definition) is 0. The lowest BCUT2D eigenvalue weighted by atomic mass is 9.99. The predicted octanol–water partition coefficient (Wildman–Crippen LogP) is 3.08. The number of hydrogen-bond acceptors (Lipinski definition) is 0. The van der Waals surface area contributed by atoms with Gasteiger partial charge in [-0.25, -0.2) is 4.39 Å². The Morgan fingerprint density at radius 2 is 2.11 bits per heavy atom. The van der Waals surface area contributed by atoms with Gasteiger partial charge in [-0.1, -0.05) is 38.5 Å². The van der Waals surface area contributed by atoms with Gasteiger partial charge in [0.15, 0.2) is 0 Å². The summed E-state index contributed by atoms with van der Waals surface area (Å²) in [6, 6.07) is 0. The monoisotopic (exact) mass is 306 g/mol. The molecule has 0 N–H and O–H groups in total. The van der Waals surface area contributed by atoms with Crippen molar-refractivity contribution in [2.75, 3.05) is 0 Å². The van der Waals surface area contributed by atoms with Crippen molar-refractivity contribution in [2.45, 2.75) is 34.2 Å². The van der Waals surface area contributed by atoms with Crippen molar-refractivity contribution >= 4 is 38.5 Å². The van der Waals surface area contributed by atoms with E-state index in [1.54, 1.807) is 0 Å². The lowest BCUT2D eigenvalue weighted by Gasteiger charge is -2.24. The quantitative estimate of drug-likeness (QED) is 0.476. The van der Waals surface area contributed by atoms with Crippen LogP contribution >= 0.6 is 38.5 Å². The maximum Gasteiger partial charge on any atom is 0.113 e. The van der Waals surface area contributed by atoms with Crippen LogP contribution in [0.1, 0.15) is 19.3 Å². The van der Waals surface area contributed by atoms with E-state index in [0.717, 1.165) is 12.8 Å². The highest BCUT2D eigenvalue weighted by Crippen LogP contribution is 2.31. The molecule has 0 aromatic rings. The molecule has 0 heterocycles. The van der Waals surface area contributed by atoms with Crippen LogP contribution in [0.4, 0.5) is 4.39 Å². The van der Waals surface area contributed by atoms with Gasteiger partial charge in [-0.3, -0.25) is 0 Å². The van der Waals surface area contributed by atoms with Crippen LogP contribution in [0.5, 0.6) is 0 Å². The molecule has 1 fully saturated rings. The third kappa shape index (κ3) is 2.33. The van der Waals surface area contributed by atoms with Crippen LogP contribution in [-0.2, 0) is 0 Å². The lowest BCUT2D eigenvalue weighted by Crippen LogP contribution is -2.25. The van der Waals surface area contributed by atoms with Crippen molar-refractivity contribution in [2.24, 2.45) is 0 Å². The molecule has 0 aliphatic heterocycles. The van der Waals surface area contributed by atoms with Crippen LogP contribution in [-0.4, -0.2) is 14.9 Å². The second-order valence-corrected chi connectivity index (χ2v) is 5.34. The molecule has 0 aromatic heterocycles. The fourth-order valence-corrected chi connectivity index (χ4v) is 2.31. The van der Waals surface area contributed by atoms with Crippen molar-refractivity contribution < 1.29 is 4.39 Å². The zero-order chi connectivity index (χ0) is 6.85. The average Bonchev–Trinajstić information content (AvgIpc) is 1.80. The molecular weight excluding hydrogens is 298 g/mol. The van der Waals surface area contributed by atoms with Crippen LogP contribution in [0.3, 0.4) is 0 Å². The zero-order valence-electron chi connectivity index (χ0n) is 4.99. The second-order valence-electron chi connectivity index (χ2n) is 2.44. The van der Waals surface area contributed by atoms with Gasteiger partial charge in [0.25, 0.3) is 0 Å². The Bertz CT molecular complexity index is 99.1. The summed E-state index contributed by atoms with van der Waals surface area (Å²) in [6.45, 7) is 0. The van der Waals surface area contributed by atoms with Crippen LogP contribution in [0.25, 0.3) is 0 Å². The molecule has 0 radical (unpaired) electrons. The molecule has 54 valence electrons. The molecule has 0 nitrogen and oxygen atoms in total. The van der Waals surface area contributed by atoms with E-state index in [1.807, 2.05) is 0 Å². The topological polar surface area (TPSA) is 0 Å². The molecule has 3 heteroatoms. The molecule has 9 heavy (non-hydrogen) atoms. The summed E-state index contributed by atoms with van der Waals surface area (Å²) in [5, 5.41) is 0. The molecule has 0 saturated heterocycles. The molecule has 3 unspecified atom stereocenters. The fourth-order valence-electron chi connectivity index (χ4n) is 1.03. The Kier molecular flexibility index (Phi) is 3.21. The van der Waals surface area contributed by atoms with Crippen LogP contribution in [0.15, 0.2) is 0 Å². The largest absolute Gasteiger partial charge is 0.246 e. The summed E-state index contributed by atoms with van der Waals surface area (Å²) in [5.74, 6) is 0. The maximum absolute atomic E-state index is 12.8. The van der Waals surface area contributed by atoms with Crippen molar-refractivity contribution in [3.05, 3.63) is 0 Å². The first-order chi connectivity index (χ1) is 4.20. The van der Waals surface area contributed by atoms with Gasteiger partial charge in [0.2, 0.25) is 0 Å². The van der Waals surface area contributed by atoms with E-state index in [2.05, 4.69) is 38.5 Å². The van der Waals surface area contributed by atoms with Gasteiger partial charge in [0.05, 0.1) is 0 Å². The smallest absolute Gasteiger partial charge is 0.113 e. The van der Waals surface area contributed by atoms with E-state index in [4.69, 9.17) is 0 Å². The number of alkyl halides is 3. The molecule has 0 aromatic carbocycles. The molecule has 0 spiro atoms. The third-order valence-electron chi connectivity index (χ3n) is 1.63. The third-order valence-corrected chi connectivity index (χ3v) is 3.86. The van der Waals surface area contributed by atoms with Gasteiger partial charge in [0, 0.05) is 8.75 Å². The Morgan fingerprint density at radius 1 is 1.44 bits per heavy atom. The highest BCUT2D eigenvalue weighted by Gasteiger charge is 2.26. The first-order valence-corrected chi connectivity index (χ1v) is 5.28. The highest BCUT2D eigenvalue weighted by atomic mass is 127. The van der Waals surface area contributed by atoms with E-state index in [0.29, 0.717) is 11.2 Å². The Balaban J connectivity index is 2.35. The predicted molar refractivity (Wildman–Crippen MR) is 49.3 cm³/mol. The lowest BCUT2D eigenvalue weighted by molar-refractivity contribution is 0.274. The molecule has 3 atom stereocenters. The summed E-state index contributed by atoms with van der Waals surface area (Å²) < 4.78 is 13.1. The Labute approximate surface area is 76.9 Å². The molecular formula is C6H9BrFI. The Hall–Kier alpha value is 1.14. The summed E-state index contributed by atoms with van der Waals surface area (Å²) in [4.78, 5) is 0.429. The minimum Gasteiger partial charge on any atom is -0.246 e. The molecule has 1 saturated carbocycles. The van der Waals surface area contributed by atoms with Crippen molar-refractivity contribution in [3.8, 4) is 0 Å². The molecule has 0 amide bonds. The zero-order valence-corrected chi connectivity index (χ0v) is 8.73. The SMILES string of the molecule is FC1CC(Br)CCC1I. The van der Waals surface area contributed by atoms with E-state index in [1.165, 1.54) is 0 Å². The summed E-state index contributed by atoms with van der Waals surface area (Å²) in [7, 11) is 0. The van der Waals surface area contributed by atoms with E-state index >= 15 is 0 Å². The van der Waals surface area contributed by atoms with Crippen LogP contribution in [0.2, 0.25) is 0 Å². The molecule has 1 aliphatic rings. The van der Waals surface area contributed by atoms with E-state index in [-0.39, 0.29) is 3.92 Å². The summed E-state index contributed by atoms with van der Waals surface area (Å²) >= 11 is 5.61. The molecule has 1 rings (SSSR count). The van der Waals surface area contributed by atoms with Gasteiger partial charge < -0.3 is 0 Å². The van der Waals surface area contributed by atoms with Gasteiger partial charge in [-0.05, 0) is 19.3 Å². The minimum atomic E-state index is -0.580. The normalized spacial score (nSPS) is 45.0. The number of rotatable bonds is 0. The van der Waals surface area contributed by atoms with Gasteiger partial charge in [-0.2, -0.15) is 0 Å².